The smallest absolute Gasteiger partial charge is 0.315 e. The van der Waals surface area contributed by atoms with Crippen molar-refractivity contribution >= 4 is 28.4 Å². The Morgan fingerprint density at radius 3 is 2.36 bits per heavy atom. The maximum absolute atomic E-state index is 12.3. The molecule has 0 aromatic carbocycles. The first kappa shape index (κ1) is 24.3. The van der Waals surface area contributed by atoms with Gasteiger partial charge in [-0.1, -0.05) is 20.8 Å². The molecule has 0 saturated carbocycles. The van der Waals surface area contributed by atoms with Crippen LogP contribution in [-0.4, -0.2) is 93.0 Å². The van der Waals surface area contributed by atoms with Gasteiger partial charge >= 0.3 is 6.03 Å². The molecule has 1 heterocycles. The lowest BCUT2D eigenvalue weighted by molar-refractivity contribution is -0.133. The molecule has 1 rings (SSSR count). The lowest BCUT2D eigenvalue weighted by Crippen LogP contribution is -2.55. The molecule has 10 nitrogen and oxygen atoms in total. The van der Waals surface area contributed by atoms with Crippen molar-refractivity contribution in [1.82, 2.24) is 24.1 Å². The molecule has 0 aromatic rings. The third-order valence-electron chi connectivity index (χ3n) is 4.82. The second-order valence-electron chi connectivity index (χ2n) is 8.25. The fourth-order valence-electron chi connectivity index (χ4n) is 2.88. The highest BCUT2D eigenvalue weighted by Gasteiger charge is 2.32. The zero-order valence-electron chi connectivity index (χ0n) is 17.6. The van der Waals surface area contributed by atoms with Crippen LogP contribution < -0.4 is 10.6 Å². The standard InChI is InChI=1S/C17H33N5O5S/c1-17(2,3)14(11-21(6)28(26,27)20(4)5)19-16(25)18-10-15(24)22-9-7-8-13(22)12-23/h12-14H,7-11H2,1-6H3,(H2,18,19,25)/t13-,14?/m0/s1. The van der Waals surface area contributed by atoms with E-state index in [-0.39, 0.29) is 19.0 Å². The summed E-state index contributed by atoms with van der Waals surface area (Å²) in [7, 11) is 0.714. The van der Waals surface area contributed by atoms with Crippen LogP contribution in [0.1, 0.15) is 33.6 Å². The average Bonchev–Trinajstić information content (AvgIpc) is 3.06. The Hall–Kier alpha value is -1.72. The van der Waals surface area contributed by atoms with Crippen molar-refractivity contribution in [3.63, 3.8) is 0 Å². The van der Waals surface area contributed by atoms with E-state index >= 15 is 0 Å². The molecule has 0 radical (unpaired) electrons. The third kappa shape index (κ3) is 6.42. The first-order valence-electron chi connectivity index (χ1n) is 9.23. The van der Waals surface area contributed by atoms with Gasteiger partial charge in [0.1, 0.15) is 6.29 Å². The van der Waals surface area contributed by atoms with Gasteiger partial charge in [-0.15, -0.1) is 0 Å². The van der Waals surface area contributed by atoms with E-state index in [4.69, 9.17) is 0 Å². The van der Waals surface area contributed by atoms with Gasteiger partial charge in [0.25, 0.3) is 10.2 Å². The maximum Gasteiger partial charge on any atom is 0.315 e. The summed E-state index contributed by atoms with van der Waals surface area (Å²) >= 11 is 0. The number of carbonyl (C=O) groups is 3. The van der Waals surface area contributed by atoms with Crippen molar-refractivity contribution in [3.8, 4) is 0 Å². The highest BCUT2D eigenvalue weighted by atomic mass is 32.2. The van der Waals surface area contributed by atoms with Crippen LogP contribution in [0.15, 0.2) is 0 Å². The number of carbonyl (C=O) groups excluding carboxylic acids is 3. The maximum atomic E-state index is 12.3. The topological polar surface area (TPSA) is 119 Å². The molecule has 0 bridgehead atoms. The van der Waals surface area contributed by atoms with Crippen LogP contribution in [0.3, 0.4) is 0 Å². The molecule has 11 heteroatoms. The number of hydrogen-bond acceptors (Lipinski definition) is 5. The molecular formula is C17H33N5O5S. The molecule has 1 fully saturated rings. The molecule has 2 atom stereocenters. The predicted octanol–water partition coefficient (Wildman–Crippen LogP) is -0.372. The van der Waals surface area contributed by atoms with Gasteiger partial charge in [-0.05, 0) is 18.3 Å². The second-order valence-corrected chi connectivity index (χ2v) is 10.5. The van der Waals surface area contributed by atoms with Crippen LogP contribution in [-0.2, 0) is 19.8 Å². The predicted molar refractivity (Wildman–Crippen MR) is 106 cm³/mol. The Labute approximate surface area is 167 Å². The number of nitrogens with zero attached hydrogens (tertiary/aromatic N) is 3. The number of likely N-dealkylation sites (tertiary alicyclic amines) is 1. The number of urea groups is 1. The van der Waals surface area contributed by atoms with Crippen LogP contribution in [0.5, 0.6) is 0 Å². The molecule has 1 aliphatic heterocycles. The molecule has 162 valence electrons. The molecule has 1 saturated heterocycles. The number of rotatable bonds is 8. The van der Waals surface area contributed by atoms with Crippen LogP contribution in [0.4, 0.5) is 4.79 Å². The van der Waals surface area contributed by atoms with Crippen LogP contribution in [0.2, 0.25) is 0 Å². The Morgan fingerprint density at radius 1 is 1.25 bits per heavy atom. The lowest BCUT2D eigenvalue weighted by atomic mass is 9.87. The van der Waals surface area contributed by atoms with Gasteiger partial charge in [-0.2, -0.15) is 17.0 Å². The number of likely N-dealkylation sites (N-methyl/N-ethyl adjacent to an activating group) is 1. The monoisotopic (exact) mass is 419 g/mol. The fraction of sp³-hybridized carbons (Fsp3) is 0.824. The van der Waals surface area contributed by atoms with Gasteiger partial charge < -0.3 is 20.3 Å². The minimum atomic E-state index is -3.61. The number of amides is 3. The van der Waals surface area contributed by atoms with E-state index in [0.717, 1.165) is 17.0 Å². The van der Waals surface area contributed by atoms with E-state index in [1.54, 1.807) is 0 Å². The summed E-state index contributed by atoms with van der Waals surface area (Å²) in [5.74, 6) is -0.315. The Morgan fingerprint density at radius 2 is 1.86 bits per heavy atom. The average molecular weight is 420 g/mol. The van der Waals surface area contributed by atoms with Gasteiger partial charge in [-0.3, -0.25) is 4.79 Å². The molecule has 1 unspecified atom stereocenters. The van der Waals surface area contributed by atoms with Crippen molar-refractivity contribution in [2.24, 2.45) is 5.41 Å². The zero-order chi connectivity index (χ0) is 21.7. The van der Waals surface area contributed by atoms with Gasteiger partial charge in [0, 0.05) is 40.3 Å². The van der Waals surface area contributed by atoms with Crippen molar-refractivity contribution in [1.29, 1.82) is 0 Å². The van der Waals surface area contributed by atoms with Gasteiger partial charge in [-0.25, -0.2) is 4.79 Å². The molecule has 1 aliphatic rings. The molecule has 0 spiro atoms. The fourth-order valence-corrected chi connectivity index (χ4v) is 3.77. The van der Waals surface area contributed by atoms with E-state index < -0.39 is 33.7 Å². The summed E-state index contributed by atoms with van der Waals surface area (Å²) in [5.41, 5.74) is -0.422. The van der Waals surface area contributed by atoms with Crippen molar-refractivity contribution in [3.05, 3.63) is 0 Å². The summed E-state index contributed by atoms with van der Waals surface area (Å²) in [4.78, 5) is 37.0. The molecule has 28 heavy (non-hydrogen) atoms. The third-order valence-corrected chi connectivity index (χ3v) is 6.68. The largest absolute Gasteiger partial charge is 0.334 e. The SMILES string of the molecule is CN(C)S(=O)(=O)N(C)CC(NC(=O)NCC(=O)N1CCC[C@H]1C=O)C(C)(C)C. The second kappa shape index (κ2) is 9.66. The minimum absolute atomic E-state index is 0.0741. The van der Waals surface area contributed by atoms with E-state index in [1.165, 1.54) is 30.3 Å². The highest BCUT2D eigenvalue weighted by Crippen LogP contribution is 2.21. The Bertz CT molecular complexity index is 674. The molecule has 0 aromatic heterocycles. The lowest BCUT2D eigenvalue weighted by Gasteiger charge is -2.35. The van der Waals surface area contributed by atoms with E-state index in [1.807, 2.05) is 20.8 Å². The zero-order valence-corrected chi connectivity index (χ0v) is 18.4. The Balaban J connectivity index is 2.68. The van der Waals surface area contributed by atoms with Crippen molar-refractivity contribution in [2.75, 3.05) is 40.8 Å². The highest BCUT2D eigenvalue weighted by molar-refractivity contribution is 7.86. The molecule has 2 N–H and O–H groups in total. The van der Waals surface area contributed by atoms with Gasteiger partial charge in [0.05, 0.1) is 12.6 Å². The Kier molecular flexibility index (Phi) is 8.39. The summed E-state index contributed by atoms with van der Waals surface area (Å²) in [6, 6.07) is -1.48. The first-order valence-corrected chi connectivity index (χ1v) is 10.6. The summed E-state index contributed by atoms with van der Waals surface area (Å²) in [5, 5.41) is 5.26. The van der Waals surface area contributed by atoms with Gasteiger partial charge in [0.15, 0.2) is 0 Å². The summed E-state index contributed by atoms with van der Waals surface area (Å²) < 4.78 is 26.8. The van der Waals surface area contributed by atoms with Crippen molar-refractivity contribution in [2.45, 2.75) is 45.7 Å². The van der Waals surface area contributed by atoms with E-state index in [9.17, 15) is 22.8 Å². The quantitative estimate of drug-likeness (QED) is 0.520. The number of nitrogens with one attached hydrogen (secondary N) is 2. The molecule has 0 aliphatic carbocycles. The van der Waals surface area contributed by atoms with Crippen LogP contribution >= 0.6 is 0 Å². The van der Waals surface area contributed by atoms with E-state index in [0.29, 0.717) is 13.0 Å². The van der Waals surface area contributed by atoms with Gasteiger partial charge in [0.2, 0.25) is 5.91 Å². The van der Waals surface area contributed by atoms with Crippen LogP contribution in [0, 0.1) is 5.41 Å². The van der Waals surface area contributed by atoms with Crippen molar-refractivity contribution < 1.29 is 22.8 Å². The minimum Gasteiger partial charge on any atom is -0.334 e. The first-order chi connectivity index (χ1) is 12.8. The number of aldehydes is 1. The normalized spacial score (nSPS) is 19.0. The molecular weight excluding hydrogens is 386 g/mol. The van der Waals surface area contributed by atoms with Crippen LogP contribution in [0.25, 0.3) is 0 Å². The summed E-state index contributed by atoms with van der Waals surface area (Å²) in [6.07, 6.45) is 2.15. The van der Waals surface area contributed by atoms with E-state index in [2.05, 4.69) is 10.6 Å². The summed E-state index contributed by atoms with van der Waals surface area (Å²) in [6.45, 7) is 6.02. The number of hydrogen-bond donors (Lipinski definition) is 2. The molecule has 3 amide bonds.